The maximum Gasteiger partial charge on any atom is 0.240 e. The van der Waals surface area contributed by atoms with Crippen molar-refractivity contribution in [1.29, 1.82) is 0 Å². The fraction of sp³-hybridized carbons (Fsp3) is 0.500. The summed E-state index contributed by atoms with van der Waals surface area (Å²) in [5.74, 6) is 0. The smallest absolute Gasteiger partial charge is 0.240 e. The minimum absolute atomic E-state index is 0.0101. The first kappa shape index (κ1) is 14.9. The molecule has 1 aromatic carbocycles. The van der Waals surface area contributed by atoms with Crippen LogP contribution in [0.25, 0.3) is 0 Å². The van der Waals surface area contributed by atoms with Gasteiger partial charge in [-0.05, 0) is 31.4 Å². The van der Waals surface area contributed by atoms with Crippen molar-refractivity contribution in [2.45, 2.75) is 36.2 Å². The Morgan fingerprint density at radius 1 is 1.33 bits per heavy atom. The van der Waals surface area contributed by atoms with E-state index in [1.54, 1.807) is 18.2 Å². The van der Waals surface area contributed by atoms with Crippen molar-refractivity contribution in [3.05, 3.63) is 29.8 Å². The number of nitrogens with two attached hydrogens (primary N) is 1. The van der Waals surface area contributed by atoms with Crippen LogP contribution in [0.4, 0.5) is 0 Å². The zero-order valence-corrected chi connectivity index (χ0v) is 13.3. The Kier molecular flexibility index (Phi) is 4.00. The van der Waals surface area contributed by atoms with Crippen LogP contribution in [0.15, 0.2) is 29.2 Å². The lowest BCUT2D eigenvalue weighted by molar-refractivity contribution is 0.322. The normalized spacial score (nSPS) is 23.3. The van der Waals surface area contributed by atoms with Crippen molar-refractivity contribution in [2.24, 2.45) is 5.73 Å². The molecule has 1 aliphatic carbocycles. The number of hydrogen-bond donors (Lipinski definition) is 2. The molecule has 1 unspecified atom stereocenters. The maximum absolute atomic E-state index is 12.4. The SMILES string of the molecule is NC(=S)c1cccc(S(=O)(=O)NC2CCN(C3CC3)C2)c1. The largest absolute Gasteiger partial charge is 0.389 e. The molecule has 2 fully saturated rings. The van der Waals surface area contributed by atoms with Crippen molar-refractivity contribution in [3.63, 3.8) is 0 Å². The summed E-state index contributed by atoms with van der Waals surface area (Å²) in [7, 11) is -3.52. The van der Waals surface area contributed by atoms with Gasteiger partial charge in [-0.25, -0.2) is 13.1 Å². The highest BCUT2D eigenvalue weighted by atomic mass is 32.2. The molecule has 0 spiro atoms. The molecule has 1 saturated carbocycles. The molecule has 0 bridgehead atoms. The molecule has 1 aliphatic heterocycles. The first-order chi connectivity index (χ1) is 9.95. The number of nitrogens with one attached hydrogen (secondary N) is 1. The van der Waals surface area contributed by atoms with E-state index in [2.05, 4.69) is 9.62 Å². The number of hydrogen-bond acceptors (Lipinski definition) is 4. The van der Waals surface area contributed by atoms with Gasteiger partial charge in [-0.1, -0.05) is 24.4 Å². The summed E-state index contributed by atoms with van der Waals surface area (Å²) in [4.78, 5) is 2.80. The molecular formula is C14H19N3O2S2. The molecule has 3 rings (SSSR count). The van der Waals surface area contributed by atoms with Gasteiger partial charge in [-0.3, -0.25) is 4.90 Å². The van der Waals surface area contributed by atoms with Crippen LogP contribution in [0.3, 0.4) is 0 Å². The first-order valence-corrected chi connectivity index (χ1v) is 9.01. The average molecular weight is 325 g/mol. The molecule has 0 radical (unpaired) electrons. The summed E-state index contributed by atoms with van der Waals surface area (Å²) in [5, 5.41) is 0. The Balaban J connectivity index is 1.71. The molecule has 7 heteroatoms. The van der Waals surface area contributed by atoms with E-state index in [-0.39, 0.29) is 15.9 Å². The molecule has 114 valence electrons. The lowest BCUT2D eigenvalue weighted by atomic mass is 10.2. The van der Waals surface area contributed by atoms with Crippen molar-refractivity contribution in [3.8, 4) is 0 Å². The van der Waals surface area contributed by atoms with Gasteiger partial charge in [0.2, 0.25) is 10.0 Å². The van der Waals surface area contributed by atoms with Gasteiger partial charge in [0.1, 0.15) is 4.99 Å². The zero-order chi connectivity index (χ0) is 15.0. The standard InChI is InChI=1S/C14H19N3O2S2/c15-14(20)10-2-1-3-13(8-10)21(18,19)16-11-6-7-17(9-11)12-4-5-12/h1-3,8,11-12,16H,4-7,9H2,(H2,15,20). The van der Waals surface area contributed by atoms with E-state index in [9.17, 15) is 8.42 Å². The maximum atomic E-state index is 12.4. The first-order valence-electron chi connectivity index (χ1n) is 7.12. The van der Waals surface area contributed by atoms with Crippen LogP contribution >= 0.6 is 12.2 Å². The number of likely N-dealkylation sites (tertiary alicyclic amines) is 1. The van der Waals surface area contributed by atoms with Gasteiger partial charge >= 0.3 is 0 Å². The van der Waals surface area contributed by atoms with E-state index in [4.69, 9.17) is 18.0 Å². The molecule has 0 aromatic heterocycles. The fourth-order valence-electron chi connectivity index (χ4n) is 2.76. The molecular weight excluding hydrogens is 306 g/mol. The second kappa shape index (κ2) is 5.64. The van der Waals surface area contributed by atoms with E-state index < -0.39 is 10.0 Å². The van der Waals surface area contributed by atoms with Crippen LogP contribution in [0.1, 0.15) is 24.8 Å². The molecule has 21 heavy (non-hydrogen) atoms. The fourth-order valence-corrected chi connectivity index (χ4v) is 4.19. The highest BCUT2D eigenvalue weighted by Crippen LogP contribution is 2.30. The van der Waals surface area contributed by atoms with Gasteiger partial charge in [-0.2, -0.15) is 0 Å². The van der Waals surface area contributed by atoms with Gasteiger partial charge in [0.05, 0.1) is 4.90 Å². The van der Waals surface area contributed by atoms with Crippen molar-refractivity contribution >= 4 is 27.2 Å². The lowest BCUT2D eigenvalue weighted by Gasteiger charge is -2.16. The number of benzene rings is 1. The summed E-state index contributed by atoms with van der Waals surface area (Å²) in [5.41, 5.74) is 6.13. The Bertz CT molecular complexity index is 656. The van der Waals surface area contributed by atoms with Crippen molar-refractivity contribution in [1.82, 2.24) is 9.62 Å². The second-order valence-electron chi connectivity index (χ2n) is 5.73. The van der Waals surface area contributed by atoms with Crippen molar-refractivity contribution in [2.75, 3.05) is 13.1 Å². The van der Waals surface area contributed by atoms with E-state index >= 15 is 0 Å². The summed E-state index contributed by atoms with van der Waals surface area (Å²) in [6, 6.07) is 7.14. The van der Waals surface area contributed by atoms with Crippen molar-refractivity contribution < 1.29 is 8.42 Å². The molecule has 1 aromatic rings. The Morgan fingerprint density at radius 2 is 2.10 bits per heavy atom. The van der Waals surface area contributed by atoms with Crippen LogP contribution < -0.4 is 10.5 Å². The minimum atomic E-state index is -3.52. The number of nitrogens with zero attached hydrogens (tertiary/aromatic N) is 1. The number of sulfonamides is 1. The zero-order valence-electron chi connectivity index (χ0n) is 11.7. The lowest BCUT2D eigenvalue weighted by Crippen LogP contribution is -2.37. The molecule has 1 heterocycles. The molecule has 5 nitrogen and oxygen atoms in total. The molecule has 1 atom stereocenters. The van der Waals surface area contributed by atoms with Crippen LogP contribution in [0, 0.1) is 0 Å². The third-order valence-corrected chi connectivity index (χ3v) is 5.79. The summed E-state index contributed by atoms with van der Waals surface area (Å²) in [6.45, 7) is 1.78. The predicted octanol–water partition coefficient (Wildman–Crippen LogP) is 0.836. The minimum Gasteiger partial charge on any atom is -0.389 e. The second-order valence-corrected chi connectivity index (χ2v) is 7.88. The Hall–Kier alpha value is -1.02. The van der Waals surface area contributed by atoms with Gasteiger partial charge in [0.25, 0.3) is 0 Å². The van der Waals surface area contributed by atoms with Gasteiger partial charge in [-0.15, -0.1) is 0 Å². The molecule has 0 amide bonds. The summed E-state index contributed by atoms with van der Waals surface area (Å²) < 4.78 is 27.7. The van der Waals surface area contributed by atoms with E-state index in [1.165, 1.54) is 18.9 Å². The predicted molar refractivity (Wildman–Crippen MR) is 85.7 cm³/mol. The average Bonchev–Trinajstić information content (AvgIpc) is 3.20. The van der Waals surface area contributed by atoms with Gasteiger partial charge < -0.3 is 5.73 Å². The highest BCUT2D eigenvalue weighted by Gasteiger charge is 2.35. The van der Waals surface area contributed by atoms with Crippen LogP contribution in [-0.4, -0.2) is 43.5 Å². The van der Waals surface area contributed by atoms with E-state index in [0.29, 0.717) is 11.6 Å². The Labute approximate surface area is 130 Å². The van der Waals surface area contributed by atoms with Crippen LogP contribution in [-0.2, 0) is 10.0 Å². The summed E-state index contributed by atoms with van der Waals surface area (Å²) >= 11 is 4.89. The highest BCUT2D eigenvalue weighted by molar-refractivity contribution is 7.89. The van der Waals surface area contributed by atoms with E-state index in [0.717, 1.165) is 19.5 Å². The quantitative estimate of drug-likeness (QED) is 0.785. The van der Waals surface area contributed by atoms with Crippen LogP contribution in [0.2, 0.25) is 0 Å². The van der Waals surface area contributed by atoms with Gasteiger partial charge in [0, 0.05) is 30.7 Å². The molecule has 2 aliphatic rings. The summed E-state index contributed by atoms with van der Waals surface area (Å²) in [6.07, 6.45) is 3.36. The topological polar surface area (TPSA) is 75.4 Å². The number of rotatable bonds is 5. The van der Waals surface area contributed by atoms with Gasteiger partial charge in [0.15, 0.2) is 0 Å². The van der Waals surface area contributed by atoms with Crippen LogP contribution in [0.5, 0.6) is 0 Å². The van der Waals surface area contributed by atoms with E-state index in [1.807, 2.05) is 0 Å². The number of thiocarbonyl (C=S) groups is 1. The molecule has 3 N–H and O–H groups in total. The monoisotopic (exact) mass is 325 g/mol. The third-order valence-electron chi connectivity index (χ3n) is 4.03. The third kappa shape index (κ3) is 3.42. The Morgan fingerprint density at radius 3 is 2.76 bits per heavy atom. The molecule has 1 saturated heterocycles.